The number of carbonyl (C=O) groups excluding carboxylic acids is 1. The monoisotopic (exact) mass is 385 g/mol. The molecule has 0 spiro atoms. The third kappa shape index (κ3) is 4.81. The topological polar surface area (TPSA) is 64.1 Å². The van der Waals surface area contributed by atoms with Crippen molar-refractivity contribution in [3.05, 3.63) is 54.3 Å². The van der Waals surface area contributed by atoms with Crippen molar-refractivity contribution in [1.82, 2.24) is 15.5 Å². The summed E-state index contributed by atoms with van der Waals surface area (Å²) >= 11 is 1.34. The lowest BCUT2D eigenvalue weighted by Gasteiger charge is -2.13. The van der Waals surface area contributed by atoms with Gasteiger partial charge in [0, 0.05) is 29.5 Å². The second-order valence-electron chi connectivity index (χ2n) is 6.12. The van der Waals surface area contributed by atoms with Gasteiger partial charge < -0.3 is 10.1 Å². The Morgan fingerprint density at radius 2 is 1.85 bits per heavy atom. The van der Waals surface area contributed by atoms with Gasteiger partial charge in [0.2, 0.25) is 5.91 Å². The van der Waals surface area contributed by atoms with E-state index in [2.05, 4.69) is 15.5 Å². The summed E-state index contributed by atoms with van der Waals surface area (Å²) in [6, 6.07) is 13.9. The number of amides is 1. The number of halogens is 1. The Hall–Kier alpha value is -2.51. The van der Waals surface area contributed by atoms with Crippen LogP contribution in [0.4, 0.5) is 4.39 Å². The molecule has 0 aliphatic heterocycles. The van der Waals surface area contributed by atoms with Crippen LogP contribution >= 0.6 is 11.8 Å². The molecular weight excluding hydrogens is 365 g/mol. The van der Waals surface area contributed by atoms with Gasteiger partial charge in [-0.1, -0.05) is 36.0 Å². The first-order valence-electron chi connectivity index (χ1n) is 8.51. The summed E-state index contributed by atoms with van der Waals surface area (Å²) in [7, 11) is 1.60. The first-order chi connectivity index (χ1) is 13.1. The number of rotatable bonds is 7. The van der Waals surface area contributed by atoms with E-state index in [4.69, 9.17) is 4.74 Å². The Bertz CT molecular complexity index is 934. The average Bonchev–Trinajstić information content (AvgIpc) is 2.67. The molecule has 5 nitrogen and oxygen atoms in total. The molecule has 3 aromatic rings. The zero-order valence-corrected chi connectivity index (χ0v) is 15.9. The summed E-state index contributed by atoms with van der Waals surface area (Å²) in [6.45, 7) is 2.35. The van der Waals surface area contributed by atoms with Gasteiger partial charge in [-0.2, -0.15) is 0 Å². The summed E-state index contributed by atoms with van der Waals surface area (Å²) < 4.78 is 18.2. The van der Waals surface area contributed by atoms with Crippen molar-refractivity contribution in [3.8, 4) is 11.3 Å². The zero-order chi connectivity index (χ0) is 19.2. The van der Waals surface area contributed by atoms with E-state index in [1.165, 1.54) is 23.9 Å². The van der Waals surface area contributed by atoms with Gasteiger partial charge in [0.1, 0.15) is 16.5 Å². The molecule has 0 bridgehead atoms. The minimum Gasteiger partial charge on any atom is -0.383 e. The maximum absolute atomic E-state index is 13.2. The first kappa shape index (κ1) is 19.3. The number of aromatic nitrogens is 2. The molecule has 1 amide bonds. The SMILES string of the molecule is COCC(C)NC(=O)CSc1nnc(-c2ccc(F)cc2)c2ccccc12. The molecule has 2 aromatic carbocycles. The van der Waals surface area contributed by atoms with Gasteiger partial charge >= 0.3 is 0 Å². The number of nitrogens with one attached hydrogen (secondary N) is 1. The molecule has 0 saturated heterocycles. The molecule has 0 fully saturated rings. The molecule has 0 aliphatic rings. The van der Waals surface area contributed by atoms with Crippen LogP contribution in [0.1, 0.15) is 6.92 Å². The van der Waals surface area contributed by atoms with Crippen LogP contribution in [0.5, 0.6) is 0 Å². The lowest BCUT2D eigenvalue weighted by atomic mass is 10.1. The van der Waals surface area contributed by atoms with Crippen LogP contribution in [0.2, 0.25) is 0 Å². The molecule has 3 rings (SSSR count). The van der Waals surface area contributed by atoms with Gasteiger partial charge in [0.05, 0.1) is 12.4 Å². The highest BCUT2D eigenvalue weighted by atomic mass is 32.2. The lowest BCUT2D eigenvalue weighted by molar-refractivity contribution is -0.119. The number of ether oxygens (including phenoxy) is 1. The smallest absolute Gasteiger partial charge is 0.230 e. The number of fused-ring (bicyclic) bond motifs is 1. The Morgan fingerprint density at radius 3 is 2.56 bits per heavy atom. The van der Waals surface area contributed by atoms with Gasteiger partial charge in [-0.3, -0.25) is 4.79 Å². The van der Waals surface area contributed by atoms with E-state index in [9.17, 15) is 9.18 Å². The molecule has 0 saturated carbocycles. The number of methoxy groups -OCH3 is 1. The van der Waals surface area contributed by atoms with Crippen molar-refractivity contribution in [3.63, 3.8) is 0 Å². The Labute approximate surface area is 161 Å². The van der Waals surface area contributed by atoms with E-state index >= 15 is 0 Å². The highest BCUT2D eigenvalue weighted by molar-refractivity contribution is 8.00. The van der Waals surface area contributed by atoms with Crippen LogP contribution in [0.25, 0.3) is 22.0 Å². The van der Waals surface area contributed by atoms with Gasteiger partial charge in [0.25, 0.3) is 0 Å². The average molecular weight is 385 g/mol. The fourth-order valence-electron chi connectivity index (χ4n) is 2.75. The van der Waals surface area contributed by atoms with Crippen molar-refractivity contribution in [1.29, 1.82) is 0 Å². The zero-order valence-electron chi connectivity index (χ0n) is 15.1. The molecule has 1 N–H and O–H groups in total. The van der Waals surface area contributed by atoms with Gasteiger partial charge in [-0.15, -0.1) is 10.2 Å². The second kappa shape index (κ2) is 8.92. The molecule has 0 radical (unpaired) electrons. The van der Waals surface area contributed by atoms with E-state index in [0.29, 0.717) is 17.3 Å². The standard InChI is InChI=1S/C20H20FN3O2S/c1-13(11-26-2)22-18(25)12-27-20-17-6-4-3-5-16(17)19(23-24-20)14-7-9-15(21)10-8-14/h3-10,13H,11-12H2,1-2H3,(H,22,25). The normalized spacial score (nSPS) is 12.1. The van der Waals surface area contributed by atoms with Crippen molar-refractivity contribution >= 4 is 28.4 Å². The Kier molecular flexibility index (Phi) is 6.36. The van der Waals surface area contributed by atoms with Crippen LogP contribution in [0, 0.1) is 5.82 Å². The molecular formula is C20H20FN3O2S. The molecule has 1 unspecified atom stereocenters. The van der Waals surface area contributed by atoms with Crippen LogP contribution < -0.4 is 5.32 Å². The van der Waals surface area contributed by atoms with Crippen LogP contribution in [-0.4, -0.2) is 41.6 Å². The first-order valence-corrected chi connectivity index (χ1v) is 9.49. The fraction of sp³-hybridized carbons (Fsp3) is 0.250. The predicted octanol–water partition coefficient (Wildman–Crippen LogP) is 3.68. The van der Waals surface area contributed by atoms with Crippen molar-refractivity contribution < 1.29 is 13.9 Å². The van der Waals surface area contributed by atoms with Crippen molar-refractivity contribution in [2.24, 2.45) is 0 Å². The third-order valence-electron chi connectivity index (χ3n) is 3.94. The number of benzene rings is 2. The van der Waals surface area contributed by atoms with Crippen LogP contribution in [0.3, 0.4) is 0 Å². The number of thioether (sulfide) groups is 1. The maximum atomic E-state index is 13.2. The summed E-state index contributed by atoms with van der Waals surface area (Å²) in [5.41, 5.74) is 1.48. The molecule has 1 atom stereocenters. The second-order valence-corrected chi connectivity index (χ2v) is 7.08. The van der Waals surface area contributed by atoms with Crippen molar-refractivity contribution in [2.75, 3.05) is 19.5 Å². The summed E-state index contributed by atoms with van der Waals surface area (Å²) in [4.78, 5) is 12.1. The van der Waals surface area contributed by atoms with E-state index in [-0.39, 0.29) is 23.5 Å². The molecule has 1 aromatic heterocycles. The number of hydrogen-bond acceptors (Lipinski definition) is 5. The van der Waals surface area contributed by atoms with E-state index in [0.717, 1.165) is 16.3 Å². The van der Waals surface area contributed by atoms with Crippen LogP contribution in [-0.2, 0) is 9.53 Å². The molecule has 7 heteroatoms. The molecule has 140 valence electrons. The van der Waals surface area contributed by atoms with E-state index in [1.54, 1.807) is 19.2 Å². The van der Waals surface area contributed by atoms with Gasteiger partial charge in [0.15, 0.2) is 0 Å². The molecule has 27 heavy (non-hydrogen) atoms. The predicted molar refractivity (Wildman–Crippen MR) is 105 cm³/mol. The number of carbonyl (C=O) groups is 1. The fourth-order valence-corrected chi connectivity index (χ4v) is 3.53. The number of nitrogens with zero attached hydrogens (tertiary/aromatic N) is 2. The molecule has 1 heterocycles. The minimum absolute atomic E-state index is 0.0493. The summed E-state index contributed by atoms with van der Waals surface area (Å²) in [6.07, 6.45) is 0. The van der Waals surface area contributed by atoms with Gasteiger partial charge in [-0.05, 0) is 31.2 Å². The number of hydrogen-bond donors (Lipinski definition) is 1. The van der Waals surface area contributed by atoms with E-state index < -0.39 is 0 Å². The summed E-state index contributed by atoms with van der Waals surface area (Å²) in [5.74, 6) is -0.141. The Morgan fingerprint density at radius 1 is 1.15 bits per heavy atom. The molecule has 0 aliphatic carbocycles. The maximum Gasteiger partial charge on any atom is 0.230 e. The van der Waals surface area contributed by atoms with Gasteiger partial charge in [-0.25, -0.2) is 4.39 Å². The summed E-state index contributed by atoms with van der Waals surface area (Å²) in [5, 5.41) is 14.0. The van der Waals surface area contributed by atoms with Crippen LogP contribution in [0.15, 0.2) is 53.6 Å². The quantitative estimate of drug-likeness (QED) is 0.629. The Balaban J connectivity index is 1.83. The largest absolute Gasteiger partial charge is 0.383 e. The minimum atomic E-state index is -0.295. The third-order valence-corrected chi connectivity index (χ3v) is 4.92. The lowest BCUT2D eigenvalue weighted by Crippen LogP contribution is -2.36. The van der Waals surface area contributed by atoms with Crippen molar-refractivity contribution in [2.45, 2.75) is 18.0 Å². The highest BCUT2D eigenvalue weighted by Gasteiger charge is 2.13. The van der Waals surface area contributed by atoms with E-state index in [1.807, 2.05) is 31.2 Å². The highest BCUT2D eigenvalue weighted by Crippen LogP contribution is 2.31.